The Hall–Kier alpha value is -3.00. The van der Waals surface area contributed by atoms with E-state index in [0.717, 1.165) is 67.2 Å². The number of nitriles is 1. The average molecular weight is 508 g/mol. The van der Waals surface area contributed by atoms with Crippen molar-refractivity contribution in [2.75, 3.05) is 6.61 Å². The summed E-state index contributed by atoms with van der Waals surface area (Å²) in [5.74, 6) is 2.30. The highest BCUT2D eigenvalue weighted by Gasteiger charge is 2.61. The lowest BCUT2D eigenvalue weighted by Gasteiger charge is -2.55. The second-order valence-corrected chi connectivity index (χ2v) is 12.2. The predicted molar refractivity (Wildman–Crippen MR) is 149 cm³/mol. The zero-order valence-electron chi connectivity index (χ0n) is 22.2. The van der Waals surface area contributed by atoms with E-state index < -0.39 is 5.60 Å². The lowest BCUT2D eigenvalue weighted by Crippen LogP contribution is -2.52. The van der Waals surface area contributed by atoms with Crippen LogP contribution in [0.2, 0.25) is 0 Å². The van der Waals surface area contributed by atoms with Crippen LogP contribution in [-0.4, -0.2) is 28.2 Å². The van der Waals surface area contributed by atoms with E-state index in [0.29, 0.717) is 35.7 Å². The third-order valence-corrected chi connectivity index (χ3v) is 10.7. The molecule has 0 radical (unpaired) electrons. The SMILES string of the molecule is C[C@]12CC[C@H]3[C@@H](CCC4=C(c5ccccc5-c5ccc(C#N)cc5)C(=O)CC[C@@H]43)[C@@H]1CC[C@@]2(O)/C=C\CO. The van der Waals surface area contributed by atoms with Crippen molar-refractivity contribution in [3.63, 3.8) is 0 Å². The van der Waals surface area contributed by atoms with Gasteiger partial charge in [0, 0.05) is 17.4 Å². The van der Waals surface area contributed by atoms with Crippen molar-refractivity contribution in [2.45, 2.75) is 63.9 Å². The van der Waals surface area contributed by atoms with Gasteiger partial charge in [-0.2, -0.15) is 5.26 Å². The molecule has 4 nitrogen and oxygen atoms in total. The topological polar surface area (TPSA) is 81.3 Å². The summed E-state index contributed by atoms with van der Waals surface area (Å²) in [4.78, 5) is 13.6. The number of hydrogen-bond donors (Lipinski definition) is 2. The van der Waals surface area contributed by atoms with Gasteiger partial charge < -0.3 is 10.2 Å². The summed E-state index contributed by atoms with van der Waals surface area (Å²) in [5, 5.41) is 30.2. The molecular weight excluding hydrogens is 470 g/mol. The Labute approximate surface area is 225 Å². The van der Waals surface area contributed by atoms with Gasteiger partial charge in [0.2, 0.25) is 0 Å². The summed E-state index contributed by atoms with van der Waals surface area (Å²) in [5.41, 5.74) is 5.07. The molecule has 6 atom stereocenters. The summed E-state index contributed by atoms with van der Waals surface area (Å²) >= 11 is 0. The van der Waals surface area contributed by atoms with Gasteiger partial charge in [0.25, 0.3) is 0 Å². The molecule has 0 aromatic heterocycles. The molecule has 0 bridgehead atoms. The number of benzene rings is 2. The fraction of sp³-hybridized carbons (Fsp3) is 0.471. The maximum atomic E-state index is 13.6. The molecule has 0 amide bonds. The molecule has 0 heterocycles. The van der Waals surface area contributed by atoms with Crippen molar-refractivity contribution in [3.8, 4) is 17.2 Å². The molecule has 4 aliphatic rings. The van der Waals surface area contributed by atoms with Gasteiger partial charge in [0.15, 0.2) is 5.78 Å². The van der Waals surface area contributed by atoms with Gasteiger partial charge in [-0.15, -0.1) is 0 Å². The Morgan fingerprint density at radius 2 is 1.74 bits per heavy atom. The number of aliphatic hydroxyl groups excluding tert-OH is 1. The smallest absolute Gasteiger partial charge is 0.163 e. The van der Waals surface area contributed by atoms with E-state index in [4.69, 9.17) is 0 Å². The van der Waals surface area contributed by atoms with Gasteiger partial charge in [-0.05, 0) is 97.4 Å². The van der Waals surface area contributed by atoms with E-state index in [1.165, 1.54) is 5.57 Å². The number of fused-ring (bicyclic) bond motifs is 5. The number of aliphatic hydroxyl groups is 2. The molecule has 38 heavy (non-hydrogen) atoms. The molecule has 3 fully saturated rings. The minimum atomic E-state index is -0.838. The molecule has 196 valence electrons. The van der Waals surface area contributed by atoms with Crippen molar-refractivity contribution < 1.29 is 15.0 Å². The third-order valence-electron chi connectivity index (χ3n) is 10.7. The van der Waals surface area contributed by atoms with Gasteiger partial charge in [-0.3, -0.25) is 4.79 Å². The Balaban J connectivity index is 1.37. The number of Topliss-reactive ketones (excluding diaryl/α,β-unsaturated/α-hetero) is 1. The molecule has 2 aromatic carbocycles. The summed E-state index contributed by atoms with van der Waals surface area (Å²) in [6.07, 6.45) is 11.0. The first-order chi connectivity index (χ1) is 18.4. The molecule has 0 unspecified atom stereocenters. The van der Waals surface area contributed by atoms with Crippen LogP contribution in [0.3, 0.4) is 0 Å². The van der Waals surface area contributed by atoms with Crippen LogP contribution in [0, 0.1) is 40.4 Å². The monoisotopic (exact) mass is 507 g/mol. The molecule has 0 aliphatic heterocycles. The Morgan fingerprint density at radius 3 is 2.47 bits per heavy atom. The van der Waals surface area contributed by atoms with Crippen LogP contribution < -0.4 is 0 Å². The second kappa shape index (κ2) is 9.63. The number of carbonyl (C=O) groups is 1. The van der Waals surface area contributed by atoms with E-state index in [1.807, 2.05) is 42.5 Å². The average Bonchev–Trinajstić information content (AvgIpc) is 3.22. The van der Waals surface area contributed by atoms with Crippen LogP contribution in [0.15, 0.2) is 66.3 Å². The highest BCUT2D eigenvalue weighted by atomic mass is 16.3. The van der Waals surface area contributed by atoms with Crippen LogP contribution in [0.25, 0.3) is 16.7 Å². The first kappa shape index (κ1) is 25.3. The molecule has 4 aliphatic carbocycles. The Bertz CT molecular complexity index is 1350. The lowest BCUT2D eigenvalue weighted by molar-refractivity contribution is -0.115. The highest BCUT2D eigenvalue weighted by molar-refractivity contribution is 6.24. The van der Waals surface area contributed by atoms with Crippen LogP contribution >= 0.6 is 0 Å². The zero-order valence-corrected chi connectivity index (χ0v) is 22.2. The van der Waals surface area contributed by atoms with Crippen molar-refractivity contribution >= 4 is 11.4 Å². The Kier molecular flexibility index (Phi) is 6.41. The number of ketones is 1. The number of allylic oxidation sites excluding steroid dienone is 1. The zero-order chi connectivity index (χ0) is 26.5. The van der Waals surface area contributed by atoms with Gasteiger partial charge in [-0.1, -0.05) is 61.0 Å². The largest absolute Gasteiger partial charge is 0.392 e. The molecule has 2 aromatic rings. The van der Waals surface area contributed by atoms with Crippen LogP contribution in [0.4, 0.5) is 0 Å². The molecule has 3 saturated carbocycles. The third kappa shape index (κ3) is 3.82. The fourth-order valence-corrected chi connectivity index (χ4v) is 8.86. The van der Waals surface area contributed by atoms with Crippen molar-refractivity contribution in [1.29, 1.82) is 5.26 Å². The number of rotatable bonds is 4. The summed E-state index contributed by atoms with van der Waals surface area (Å²) < 4.78 is 0. The maximum Gasteiger partial charge on any atom is 0.163 e. The molecule has 0 spiro atoms. The number of nitrogens with zero attached hydrogens (tertiary/aromatic N) is 1. The Morgan fingerprint density at radius 1 is 0.974 bits per heavy atom. The molecule has 0 saturated heterocycles. The normalized spacial score (nSPS) is 34.5. The van der Waals surface area contributed by atoms with Crippen molar-refractivity contribution in [2.24, 2.45) is 29.1 Å². The molecular formula is C34H37NO3. The van der Waals surface area contributed by atoms with E-state index in [9.17, 15) is 20.3 Å². The van der Waals surface area contributed by atoms with E-state index in [1.54, 1.807) is 6.08 Å². The predicted octanol–water partition coefficient (Wildman–Crippen LogP) is 6.47. The molecule has 4 heteroatoms. The number of carbonyl (C=O) groups excluding carboxylic acids is 1. The first-order valence-electron chi connectivity index (χ1n) is 14.3. The number of hydrogen-bond acceptors (Lipinski definition) is 4. The summed E-state index contributed by atoms with van der Waals surface area (Å²) in [6, 6.07) is 18.1. The molecule has 2 N–H and O–H groups in total. The van der Waals surface area contributed by atoms with Crippen LogP contribution in [-0.2, 0) is 4.79 Å². The van der Waals surface area contributed by atoms with E-state index in [2.05, 4.69) is 25.1 Å². The fourth-order valence-electron chi connectivity index (χ4n) is 8.86. The summed E-state index contributed by atoms with van der Waals surface area (Å²) in [7, 11) is 0. The first-order valence-corrected chi connectivity index (χ1v) is 14.3. The standard InChI is InChI=1S/C34H37NO3/c1-33-18-15-26-25-13-14-31(37)32(28-6-3-2-5-24(28)23-9-7-22(21-35)8-10-23)29(25)12-11-27(26)30(33)16-19-34(33,38)17-4-20-36/h2-10,17,25-27,30,36,38H,11-16,18-20H2,1H3/b17-4-/t25-,26-,27-,30+,33+,34+/m1/s1. The van der Waals surface area contributed by atoms with Gasteiger partial charge in [0.05, 0.1) is 23.8 Å². The van der Waals surface area contributed by atoms with Gasteiger partial charge in [0.1, 0.15) is 0 Å². The maximum absolute atomic E-state index is 13.6. The molecule has 6 rings (SSSR count). The van der Waals surface area contributed by atoms with Crippen molar-refractivity contribution in [1.82, 2.24) is 0 Å². The second-order valence-electron chi connectivity index (χ2n) is 12.2. The minimum absolute atomic E-state index is 0.0356. The van der Waals surface area contributed by atoms with Crippen LogP contribution in [0.1, 0.15) is 69.4 Å². The van der Waals surface area contributed by atoms with Crippen molar-refractivity contribution in [3.05, 3.63) is 77.4 Å². The minimum Gasteiger partial charge on any atom is -0.392 e. The quantitative estimate of drug-likeness (QED) is 0.465. The summed E-state index contributed by atoms with van der Waals surface area (Å²) in [6.45, 7) is 2.24. The highest BCUT2D eigenvalue weighted by Crippen LogP contribution is 2.65. The van der Waals surface area contributed by atoms with Crippen LogP contribution in [0.5, 0.6) is 0 Å². The van der Waals surface area contributed by atoms with E-state index >= 15 is 0 Å². The lowest BCUT2D eigenvalue weighted by atomic mass is 9.50. The van der Waals surface area contributed by atoms with E-state index in [-0.39, 0.29) is 17.8 Å². The van der Waals surface area contributed by atoms with Gasteiger partial charge >= 0.3 is 0 Å². The van der Waals surface area contributed by atoms with Gasteiger partial charge in [-0.25, -0.2) is 0 Å².